The maximum absolute atomic E-state index is 11.4. The highest BCUT2D eigenvalue weighted by Gasteiger charge is 2.07. The molecule has 8 nitrogen and oxygen atoms in total. The van der Waals surface area contributed by atoms with Gasteiger partial charge in [0.2, 0.25) is 23.8 Å². The first-order chi connectivity index (χ1) is 8.40. The lowest BCUT2D eigenvalue weighted by atomic mass is 10.4. The van der Waals surface area contributed by atoms with Gasteiger partial charge >= 0.3 is 0 Å². The van der Waals surface area contributed by atoms with Crippen molar-refractivity contribution in [3.05, 3.63) is 0 Å². The van der Waals surface area contributed by atoms with Gasteiger partial charge in [0.05, 0.1) is 0 Å². The van der Waals surface area contributed by atoms with Crippen molar-refractivity contribution in [3.63, 3.8) is 0 Å². The number of nitrogen functional groups attached to an aromatic ring is 1. The molecule has 100 valence electrons. The number of amides is 1. The van der Waals surface area contributed by atoms with E-state index in [1.165, 1.54) is 4.90 Å². The summed E-state index contributed by atoms with van der Waals surface area (Å²) in [6.45, 7) is 0.452. The van der Waals surface area contributed by atoms with Crippen LogP contribution in [0.1, 0.15) is 6.42 Å². The van der Waals surface area contributed by atoms with E-state index in [1.54, 1.807) is 19.0 Å². The molecule has 1 aromatic rings. The van der Waals surface area contributed by atoms with Crippen LogP contribution in [0.3, 0.4) is 0 Å². The molecule has 0 spiro atoms. The zero-order chi connectivity index (χ0) is 13.7. The Morgan fingerprint density at radius 3 is 2.44 bits per heavy atom. The van der Waals surface area contributed by atoms with E-state index in [0.29, 0.717) is 24.9 Å². The summed E-state index contributed by atoms with van der Waals surface area (Å²) in [6.07, 6.45) is 0.371. The molecule has 1 rings (SSSR count). The molecule has 0 saturated carbocycles. The Kier molecular flexibility index (Phi) is 4.64. The van der Waals surface area contributed by atoms with Crippen LogP contribution in [0, 0.1) is 0 Å². The molecule has 0 aromatic carbocycles. The number of hydrogen-bond acceptors (Lipinski definition) is 7. The minimum Gasteiger partial charge on any atom is -0.368 e. The Morgan fingerprint density at radius 1 is 1.22 bits per heavy atom. The van der Waals surface area contributed by atoms with Crippen molar-refractivity contribution in [2.45, 2.75) is 6.42 Å². The predicted octanol–water partition coefficient (Wildman–Crippen LogP) is -0.590. The molecular formula is C10H19N7O. The van der Waals surface area contributed by atoms with Gasteiger partial charge in [-0.1, -0.05) is 0 Å². The monoisotopic (exact) mass is 253 g/mol. The molecule has 1 amide bonds. The van der Waals surface area contributed by atoms with E-state index in [0.717, 1.165) is 0 Å². The molecule has 0 aliphatic heterocycles. The van der Waals surface area contributed by atoms with Gasteiger partial charge in [-0.05, 0) is 0 Å². The maximum atomic E-state index is 11.4. The molecule has 0 radical (unpaired) electrons. The van der Waals surface area contributed by atoms with Crippen molar-refractivity contribution in [2.75, 3.05) is 50.7 Å². The van der Waals surface area contributed by atoms with Gasteiger partial charge in [-0.2, -0.15) is 15.0 Å². The van der Waals surface area contributed by atoms with Crippen LogP contribution in [0.4, 0.5) is 17.8 Å². The summed E-state index contributed by atoms with van der Waals surface area (Å²) in [6, 6.07) is 0. The third-order valence-corrected chi connectivity index (χ3v) is 2.16. The highest BCUT2D eigenvalue weighted by Crippen LogP contribution is 2.08. The van der Waals surface area contributed by atoms with Crippen molar-refractivity contribution in [1.29, 1.82) is 0 Å². The van der Waals surface area contributed by atoms with E-state index < -0.39 is 0 Å². The number of carbonyl (C=O) groups is 1. The largest absolute Gasteiger partial charge is 0.368 e. The minimum atomic E-state index is 0.0392. The molecule has 0 atom stereocenters. The molecule has 0 fully saturated rings. The van der Waals surface area contributed by atoms with Crippen molar-refractivity contribution in [2.24, 2.45) is 0 Å². The zero-order valence-corrected chi connectivity index (χ0v) is 11.1. The van der Waals surface area contributed by atoms with Crippen LogP contribution in [0.25, 0.3) is 0 Å². The Labute approximate surface area is 106 Å². The van der Waals surface area contributed by atoms with Crippen LogP contribution >= 0.6 is 0 Å². The molecule has 0 aliphatic rings. The Balaban J connectivity index is 2.60. The average molecular weight is 253 g/mol. The van der Waals surface area contributed by atoms with Gasteiger partial charge in [0, 0.05) is 41.2 Å². The fourth-order valence-electron chi connectivity index (χ4n) is 1.16. The average Bonchev–Trinajstić information content (AvgIpc) is 2.27. The van der Waals surface area contributed by atoms with E-state index in [1.807, 2.05) is 14.1 Å². The first-order valence-corrected chi connectivity index (χ1v) is 5.53. The third kappa shape index (κ3) is 4.04. The van der Waals surface area contributed by atoms with Gasteiger partial charge in [0.15, 0.2) is 0 Å². The smallest absolute Gasteiger partial charge is 0.231 e. The second-order valence-electron chi connectivity index (χ2n) is 4.18. The predicted molar refractivity (Wildman–Crippen MR) is 70.4 cm³/mol. The normalized spacial score (nSPS) is 10.0. The summed E-state index contributed by atoms with van der Waals surface area (Å²) in [5, 5.41) is 2.95. The van der Waals surface area contributed by atoms with Gasteiger partial charge in [-0.3, -0.25) is 4.79 Å². The molecule has 0 bridgehead atoms. The summed E-state index contributed by atoms with van der Waals surface area (Å²) in [4.78, 5) is 26.7. The van der Waals surface area contributed by atoms with Gasteiger partial charge in [-0.25, -0.2) is 0 Å². The standard InChI is InChI=1S/C10H19N7O/c1-16(2)7(18)5-6-12-9-13-8(11)14-10(15-9)17(3)4/h5-6H2,1-4H3,(H3,11,12,13,14,15). The van der Waals surface area contributed by atoms with Crippen LogP contribution < -0.4 is 16.0 Å². The number of carbonyl (C=O) groups excluding carboxylic acids is 1. The minimum absolute atomic E-state index is 0.0392. The number of hydrogen-bond donors (Lipinski definition) is 2. The Morgan fingerprint density at radius 2 is 1.89 bits per heavy atom. The third-order valence-electron chi connectivity index (χ3n) is 2.16. The lowest BCUT2D eigenvalue weighted by molar-refractivity contribution is -0.128. The number of nitrogens with one attached hydrogen (secondary N) is 1. The fourth-order valence-corrected chi connectivity index (χ4v) is 1.16. The molecule has 0 aliphatic carbocycles. The van der Waals surface area contributed by atoms with Crippen LogP contribution in [0.15, 0.2) is 0 Å². The quantitative estimate of drug-likeness (QED) is 0.723. The van der Waals surface area contributed by atoms with Crippen LogP contribution in [0.5, 0.6) is 0 Å². The highest BCUT2D eigenvalue weighted by molar-refractivity contribution is 5.76. The molecule has 18 heavy (non-hydrogen) atoms. The van der Waals surface area contributed by atoms with E-state index in [-0.39, 0.29) is 11.9 Å². The zero-order valence-electron chi connectivity index (χ0n) is 11.1. The van der Waals surface area contributed by atoms with Gasteiger partial charge in [0.1, 0.15) is 0 Å². The molecule has 1 aromatic heterocycles. The summed E-state index contributed by atoms with van der Waals surface area (Å²) in [5.74, 6) is 1.04. The van der Waals surface area contributed by atoms with Crippen LogP contribution in [0.2, 0.25) is 0 Å². The summed E-state index contributed by atoms with van der Waals surface area (Å²) in [7, 11) is 7.06. The molecule has 1 heterocycles. The topological polar surface area (TPSA) is 100 Å². The number of anilines is 3. The van der Waals surface area contributed by atoms with Gasteiger partial charge in [-0.15, -0.1) is 0 Å². The van der Waals surface area contributed by atoms with Crippen molar-refractivity contribution >= 4 is 23.8 Å². The summed E-state index contributed by atoms with van der Waals surface area (Å²) < 4.78 is 0. The Bertz CT molecular complexity index is 419. The van der Waals surface area contributed by atoms with E-state index in [9.17, 15) is 4.79 Å². The summed E-state index contributed by atoms with van der Waals surface area (Å²) >= 11 is 0. The molecule has 3 N–H and O–H groups in total. The first-order valence-electron chi connectivity index (χ1n) is 5.53. The van der Waals surface area contributed by atoms with Crippen molar-refractivity contribution in [3.8, 4) is 0 Å². The second kappa shape index (κ2) is 5.99. The number of nitrogens with two attached hydrogens (primary N) is 1. The maximum Gasteiger partial charge on any atom is 0.231 e. The van der Waals surface area contributed by atoms with Crippen LogP contribution in [-0.2, 0) is 4.79 Å². The number of rotatable bonds is 5. The number of aromatic nitrogens is 3. The van der Waals surface area contributed by atoms with Gasteiger partial charge < -0.3 is 20.9 Å². The Hall–Kier alpha value is -2.12. The van der Waals surface area contributed by atoms with Gasteiger partial charge in [0.25, 0.3) is 0 Å². The lowest BCUT2D eigenvalue weighted by Gasteiger charge is -2.13. The highest BCUT2D eigenvalue weighted by atomic mass is 16.2. The molecule has 8 heteroatoms. The SMILES string of the molecule is CN(C)C(=O)CCNc1nc(N)nc(N(C)C)n1. The number of nitrogens with zero attached hydrogens (tertiary/aromatic N) is 5. The van der Waals surface area contributed by atoms with Crippen molar-refractivity contribution < 1.29 is 4.79 Å². The van der Waals surface area contributed by atoms with Crippen LogP contribution in [-0.4, -0.2) is 60.5 Å². The van der Waals surface area contributed by atoms with Crippen molar-refractivity contribution in [1.82, 2.24) is 19.9 Å². The van der Waals surface area contributed by atoms with E-state index >= 15 is 0 Å². The molecule has 0 unspecified atom stereocenters. The van der Waals surface area contributed by atoms with E-state index in [4.69, 9.17) is 5.73 Å². The fraction of sp³-hybridized carbons (Fsp3) is 0.600. The molecule has 0 saturated heterocycles. The second-order valence-corrected chi connectivity index (χ2v) is 4.18. The van der Waals surface area contributed by atoms with E-state index in [2.05, 4.69) is 20.3 Å². The summed E-state index contributed by atoms with van der Waals surface area (Å²) in [5.41, 5.74) is 5.57. The molecular weight excluding hydrogens is 234 g/mol. The first kappa shape index (κ1) is 13.9. The lowest BCUT2D eigenvalue weighted by Crippen LogP contribution is -2.24.